The van der Waals surface area contributed by atoms with Crippen LogP contribution >= 0.6 is 34.7 Å². The molecule has 2 N–H and O–H groups in total. The highest BCUT2D eigenvalue weighted by Gasteiger charge is 2.31. The molecule has 1 aromatic carbocycles. The number of hydrogen-bond donors (Lipinski definition) is 2. The summed E-state index contributed by atoms with van der Waals surface area (Å²) in [5.41, 5.74) is 2.22. The number of nitrogens with one attached hydrogen (secondary N) is 2. The van der Waals surface area contributed by atoms with Crippen molar-refractivity contribution in [1.82, 2.24) is 15.2 Å². The summed E-state index contributed by atoms with van der Waals surface area (Å²) in [7, 11) is 0. The molecule has 2 aromatic heterocycles. The van der Waals surface area contributed by atoms with Crippen molar-refractivity contribution >= 4 is 57.2 Å². The zero-order valence-corrected chi connectivity index (χ0v) is 18.1. The molecule has 6 nitrogen and oxygen atoms in total. The highest BCUT2D eigenvalue weighted by Crippen LogP contribution is 2.33. The molecule has 0 fully saturated rings. The zero-order chi connectivity index (χ0) is 21.9. The van der Waals surface area contributed by atoms with E-state index in [1.54, 1.807) is 0 Å². The molecule has 0 saturated heterocycles. The number of carbonyl (C=O) groups excluding carboxylic acids is 1. The minimum atomic E-state index is -4.56. The summed E-state index contributed by atoms with van der Waals surface area (Å²) < 4.78 is 38.5. The van der Waals surface area contributed by atoms with Gasteiger partial charge >= 0.3 is 6.18 Å². The summed E-state index contributed by atoms with van der Waals surface area (Å²) in [5.74, 6) is -0.644. The van der Waals surface area contributed by atoms with E-state index in [4.69, 9.17) is 11.6 Å². The number of carbonyl (C=O) groups is 1. The molecule has 0 aliphatic heterocycles. The van der Waals surface area contributed by atoms with E-state index in [2.05, 4.69) is 25.8 Å². The number of rotatable bonds is 6. The Bertz CT molecular complexity index is 1070. The van der Waals surface area contributed by atoms with Gasteiger partial charge in [0.25, 0.3) is 0 Å². The fourth-order valence-corrected chi connectivity index (χ4v) is 4.03. The number of pyridine rings is 1. The smallest absolute Gasteiger partial charge is 0.330 e. The monoisotopic (exact) mass is 473 g/mol. The maximum absolute atomic E-state index is 12.6. The number of aryl methyl sites for hydroxylation is 2. The SMILES string of the molecule is Cc1ccc(Nc2nnc(SCC(=O)Nc3ncc(C(F)(F)F)cc3Cl)s2)cc1C. The Morgan fingerprint density at radius 3 is 2.63 bits per heavy atom. The van der Waals surface area contributed by atoms with Crippen LogP contribution in [-0.4, -0.2) is 26.8 Å². The summed E-state index contributed by atoms with van der Waals surface area (Å²) in [6.07, 6.45) is -3.94. The largest absolute Gasteiger partial charge is 0.417 e. The third-order valence-electron chi connectivity index (χ3n) is 3.92. The minimum Gasteiger partial charge on any atom is -0.330 e. The lowest BCUT2D eigenvalue weighted by molar-refractivity contribution is -0.137. The molecular formula is C18H15ClF3N5OS2. The number of thioether (sulfide) groups is 1. The van der Waals surface area contributed by atoms with E-state index in [1.165, 1.54) is 16.9 Å². The second-order valence-electron chi connectivity index (χ2n) is 6.19. The lowest BCUT2D eigenvalue weighted by Gasteiger charge is -2.09. The van der Waals surface area contributed by atoms with Gasteiger partial charge in [-0.3, -0.25) is 4.79 Å². The first-order valence-electron chi connectivity index (χ1n) is 8.45. The molecule has 0 bridgehead atoms. The van der Waals surface area contributed by atoms with Gasteiger partial charge in [-0.25, -0.2) is 4.98 Å². The third-order valence-corrected chi connectivity index (χ3v) is 6.18. The number of anilines is 3. The van der Waals surface area contributed by atoms with Crippen molar-refractivity contribution in [3.05, 3.63) is 52.2 Å². The van der Waals surface area contributed by atoms with Crippen LogP contribution in [0.1, 0.15) is 16.7 Å². The number of aromatic nitrogens is 3. The summed E-state index contributed by atoms with van der Waals surface area (Å²) in [4.78, 5) is 15.7. The standard InChI is InChI=1S/C18H15ClF3N5OS2/c1-9-3-4-12(5-10(9)2)24-16-26-27-17(30-16)29-8-14(28)25-15-13(19)6-11(7-23-15)18(20,21)22/h3-7H,8H2,1-2H3,(H,24,26)(H,23,25,28). The molecule has 0 atom stereocenters. The number of benzene rings is 1. The van der Waals surface area contributed by atoms with Gasteiger partial charge in [-0.1, -0.05) is 40.8 Å². The van der Waals surface area contributed by atoms with E-state index in [1.807, 2.05) is 32.0 Å². The van der Waals surface area contributed by atoms with Gasteiger partial charge in [-0.15, -0.1) is 10.2 Å². The van der Waals surface area contributed by atoms with Gasteiger partial charge in [0.1, 0.15) is 0 Å². The van der Waals surface area contributed by atoms with Crippen LogP contribution in [-0.2, 0) is 11.0 Å². The van der Waals surface area contributed by atoms with E-state index < -0.39 is 17.6 Å². The van der Waals surface area contributed by atoms with Crippen molar-refractivity contribution in [3.63, 3.8) is 0 Å². The van der Waals surface area contributed by atoms with Crippen molar-refractivity contribution in [2.24, 2.45) is 0 Å². The Labute approximate surface area is 183 Å². The average molecular weight is 474 g/mol. The minimum absolute atomic E-state index is 0.0305. The second kappa shape index (κ2) is 9.19. The molecule has 30 heavy (non-hydrogen) atoms. The van der Waals surface area contributed by atoms with Gasteiger partial charge in [0.15, 0.2) is 10.2 Å². The van der Waals surface area contributed by atoms with Crippen LogP contribution in [0.5, 0.6) is 0 Å². The van der Waals surface area contributed by atoms with Crippen LogP contribution in [0.4, 0.5) is 29.8 Å². The van der Waals surface area contributed by atoms with E-state index >= 15 is 0 Å². The topological polar surface area (TPSA) is 79.8 Å². The molecule has 3 aromatic rings. The first-order valence-corrected chi connectivity index (χ1v) is 10.6. The van der Waals surface area contributed by atoms with Crippen molar-refractivity contribution in [2.45, 2.75) is 24.4 Å². The van der Waals surface area contributed by atoms with Crippen molar-refractivity contribution in [1.29, 1.82) is 0 Å². The lowest BCUT2D eigenvalue weighted by Crippen LogP contribution is -2.16. The van der Waals surface area contributed by atoms with Gasteiger partial charge in [0.05, 0.1) is 16.3 Å². The number of halogens is 4. The van der Waals surface area contributed by atoms with Gasteiger partial charge in [-0.2, -0.15) is 13.2 Å². The first kappa shape index (κ1) is 22.3. The average Bonchev–Trinajstić information content (AvgIpc) is 3.11. The molecule has 158 valence electrons. The van der Waals surface area contributed by atoms with Crippen molar-refractivity contribution in [2.75, 3.05) is 16.4 Å². The zero-order valence-electron chi connectivity index (χ0n) is 15.7. The predicted octanol–water partition coefficient (Wildman–Crippen LogP) is 5.70. The van der Waals surface area contributed by atoms with Gasteiger partial charge < -0.3 is 10.6 Å². The van der Waals surface area contributed by atoms with E-state index in [9.17, 15) is 18.0 Å². The summed E-state index contributed by atoms with van der Waals surface area (Å²) in [6.45, 7) is 4.04. The fourth-order valence-electron chi connectivity index (χ4n) is 2.24. The van der Waals surface area contributed by atoms with Crippen LogP contribution in [0, 0.1) is 13.8 Å². The van der Waals surface area contributed by atoms with Crippen LogP contribution < -0.4 is 10.6 Å². The molecule has 0 radical (unpaired) electrons. The fraction of sp³-hybridized carbons (Fsp3) is 0.222. The first-order chi connectivity index (χ1) is 14.1. The molecule has 3 rings (SSSR count). The normalized spacial score (nSPS) is 11.4. The van der Waals surface area contributed by atoms with Crippen LogP contribution in [0.2, 0.25) is 5.02 Å². The Kier molecular flexibility index (Phi) is 6.84. The highest BCUT2D eigenvalue weighted by molar-refractivity contribution is 8.01. The predicted molar refractivity (Wildman–Crippen MR) is 113 cm³/mol. The molecule has 1 amide bonds. The Balaban J connectivity index is 1.55. The van der Waals surface area contributed by atoms with E-state index in [0.29, 0.717) is 21.7 Å². The second-order valence-corrected chi connectivity index (χ2v) is 8.79. The lowest BCUT2D eigenvalue weighted by atomic mass is 10.1. The number of alkyl halides is 3. The Morgan fingerprint density at radius 1 is 1.20 bits per heavy atom. The van der Waals surface area contributed by atoms with Crippen molar-refractivity contribution in [3.8, 4) is 0 Å². The number of nitrogens with zero attached hydrogens (tertiary/aromatic N) is 3. The maximum Gasteiger partial charge on any atom is 0.417 e. The molecule has 0 saturated carbocycles. The third kappa shape index (κ3) is 5.83. The van der Waals surface area contributed by atoms with Crippen LogP contribution in [0.3, 0.4) is 0 Å². The number of amides is 1. The molecule has 12 heteroatoms. The molecule has 0 spiro atoms. The quantitative estimate of drug-likeness (QED) is 0.447. The molecular weight excluding hydrogens is 459 g/mol. The highest BCUT2D eigenvalue weighted by atomic mass is 35.5. The van der Waals surface area contributed by atoms with Crippen LogP contribution in [0.15, 0.2) is 34.8 Å². The Hall–Kier alpha value is -2.37. The van der Waals surface area contributed by atoms with E-state index in [0.717, 1.165) is 23.0 Å². The van der Waals surface area contributed by atoms with Gasteiger partial charge in [-0.05, 0) is 43.2 Å². The summed E-state index contributed by atoms with van der Waals surface area (Å²) >= 11 is 8.20. The van der Waals surface area contributed by atoms with Crippen molar-refractivity contribution < 1.29 is 18.0 Å². The summed E-state index contributed by atoms with van der Waals surface area (Å²) in [5, 5.41) is 13.9. The van der Waals surface area contributed by atoms with Gasteiger partial charge in [0.2, 0.25) is 11.0 Å². The molecule has 0 aliphatic rings. The molecule has 2 heterocycles. The maximum atomic E-state index is 12.6. The molecule has 0 aliphatic carbocycles. The van der Waals surface area contributed by atoms with E-state index in [-0.39, 0.29) is 16.6 Å². The Morgan fingerprint density at radius 2 is 1.97 bits per heavy atom. The summed E-state index contributed by atoms with van der Waals surface area (Å²) in [6, 6.07) is 6.65. The van der Waals surface area contributed by atoms with Gasteiger partial charge in [0, 0.05) is 11.9 Å². The number of hydrogen-bond acceptors (Lipinski definition) is 7. The van der Waals surface area contributed by atoms with Crippen LogP contribution in [0.25, 0.3) is 0 Å². The molecule has 0 unspecified atom stereocenters.